The molecular formula is C15H25N3. The lowest BCUT2D eigenvalue weighted by atomic mass is 10.0. The van der Waals surface area contributed by atoms with E-state index in [-0.39, 0.29) is 0 Å². The quantitative estimate of drug-likeness (QED) is 0.886. The summed E-state index contributed by atoms with van der Waals surface area (Å²) >= 11 is 0. The van der Waals surface area contributed by atoms with Crippen LogP contribution in [0, 0.1) is 12.8 Å². The first kappa shape index (κ1) is 13.3. The van der Waals surface area contributed by atoms with Crippen LogP contribution in [0.5, 0.6) is 0 Å². The van der Waals surface area contributed by atoms with Gasteiger partial charge in [0.05, 0.1) is 11.4 Å². The summed E-state index contributed by atoms with van der Waals surface area (Å²) in [6.45, 7) is 10.3. The summed E-state index contributed by atoms with van der Waals surface area (Å²) in [5.41, 5.74) is 2.29. The molecule has 100 valence electrons. The molecular weight excluding hydrogens is 222 g/mol. The molecule has 3 nitrogen and oxygen atoms in total. The van der Waals surface area contributed by atoms with Gasteiger partial charge in [-0.25, -0.2) is 0 Å². The van der Waals surface area contributed by atoms with Gasteiger partial charge in [0.1, 0.15) is 0 Å². The van der Waals surface area contributed by atoms with E-state index in [0.717, 1.165) is 11.6 Å². The van der Waals surface area contributed by atoms with Crippen LogP contribution in [-0.2, 0) is 0 Å². The number of hydrogen-bond donors (Lipinski definition) is 1. The van der Waals surface area contributed by atoms with E-state index in [4.69, 9.17) is 0 Å². The first-order chi connectivity index (χ1) is 8.65. The van der Waals surface area contributed by atoms with Gasteiger partial charge in [-0.1, -0.05) is 13.8 Å². The van der Waals surface area contributed by atoms with Gasteiger partial charge in [0, 0.05) is 31.9 Å². The molecule has 0 radical (unpaired) electrons. The summed E-state index contributed by atoms with van der Waals surface area (Å²) in [6.07, 6.45) is 4.33. The second-order valence-corrected chi connectivity index (χ2v) is 5.75. The SMILES string of the molecule is Cc1ncccc1NC1CCN(CC(C)C)CC1. The molecule has 1 aliphatic heterocycles. The fourth-order valence-corrected chi connectivity index (χ4v) is 2.63. The van der Waals surface area contributed by atoms with E-state index >= 15 is 0 Å². The minimum Gasteiger partial charge on any atom is -0.381 e. The molecule has 2 heterocycles. The number of rotatable bonds is 4. The molecule has 1 aliphatic rings. The molecule has 1 saturated heterocycles. The number of anilines is 1. The molecule has 1 aromatic rings. The number of nitrogens with zero attached hydrogens (tertiary/aromatic N) is 2. The fraction of sp³-hybridized carbons (Fsp3) is 0.667. The van der Waals surface area contributed by atoms with Crippen molar-refractivity contribution in [3.8, 4) is 0 Å². The van der Waals surface area contributed by atoms with Gasteiger partial charge in [-0.15, -0.1) is 0 Å². The van der Waals surface area contributed by atoms with Crippen LogP contribution in [0.4, 0.5) is 5.69 Å². The van der Waals surface area contributed by atoms with E-state index in [9.17, 15) is 0 Å². The van der Waals surface area contributed by atoms with Crippen LogP contribution in [-0.4, -0.2) is 35.6 Å². The number of hydrogen-bond acceptors (Lipinski definition) is 3. The van der Waals surface area contributed by atoms with E-state index in [1.54, 1.807) is 0 Å². The van der Waals surface area contributed by atoms with Crippen molar-refractivity contribution in [3.63, 3.8) is 0 Å². The van der Waals surface area contributed by atoms with Crippen LogP contribution in [0.3, 0.4) is 0 Å². The molecule has 18 heavy (non-hydrogen) atoms. The molecule has 0 aliphatic carbocycles. The third-order valence-electron chi connectivity index (χ3n) is 3.58. The number of piperidine rings is 1. The average molecular weight is 247 g/mol. The maximum Gasteiger partial charge on any atom is 0.0603 e. The zero-order chi connectivity index (χ0) is 13.0. The second kappa shape index (κ2) is 6.19. The summed E-state index contributed by atoms with van der Waals surface area (Å²) < 4.78 is 0. The van der Waals surface area contributed by atoms with Crippen LogP contribution in [0.2, 0.25) is 0 Å². The highest BCUT2D eigenvalue weighted by molar-refractivity contribution is 5.47. The number of likely N-dealkylation sites (tertiary alicyclic amines) is 1. The van der Waals surface area contributed by atoms with Gasteiger partial charge in [0.2, 0.25) is 0 Å². The largest absolute Gasteiger partial charge is 0.381 e. The van der Waals surface area contributed by atoms with E-state index in [1.807, 2.05) is 12.3 Å². The third kappa shape index (κ3) is 3.70. The number of pyridine rings is 1. The summed E-state index contributed by atoms with van der Waals surface area (Å²) in [6, 6.07) is 4.74. The predicted molar refractivity (Wildman–Crippen MR) is 76.9 cm³/mol. The van der Waals surface area contributed by atoms with Gasteiger partial charge in [0.25, 0.3) is 0 Å². The van der Waals surface area contributed by atoms with Gasteiger partial charge < -0.3 is 10.2 Å². The monoisotopic (exact) mass is 247 g/mol. The van der Waals surface area contributed by atoms with Crippen LogP contribution < -0.4 is 5.32 Å². The molecule has 3 heteroatoms. The first-order valence-electron chi connectivity index (χ1n) is 7.05. The van der Waals surface area contributed by atoms with Crippen molar-refractivity contribution in [1.82, 2.24) is 9.88 Å². The van der Waals surface area contributed by atoms with E-state index in [1.165, 1.54) is 38.2 Å². The van der Waals surface area contributed by atoms with Gasteiger partial charge in [-0.05, 0) is 37.8 Å². The summed E-state index contributed by atoms with van der Waals surface area (Å²) in [5, 5.41) is 3.63. The highest BCUT2D eigenvalue weighted by Crippen LogP contribution is 2.18. The van der Waals surface area contributed by atoms with Crippen LogP contribution in [0.25, 0.3) is 0 Å². The van der Waals surface area contributed by atoms with Crippen LogP contribution in [0.1, 0.15) is 32.4 Å². The lowest BCUT2D eigenvalue weighted by Gasteiger charge is -2.33. The van der Waals surface area contributed by atoms with Gasteiger partial charge in [-0.2, -0.15) is 0 Å². The van der Waals surface area contributed by atoms with Crippen molar-refractivity contribution in [2.45, 2.75) is 39.7 Å². The zero-order valence-electron chi connectivity index (χ0n) is 11.8. The van der Waals surface area contributed by atoms with Crippen molar-refractivity contribution in [1.29, 1.82) is 0 Å². The maximum absolute atomic E-state index is 4.33. The lowest BCUT2D eigenvalue weighted by Crippen LogP contribution is -2.40. The Morgan fingerprint density at radius 1 is 1.39 bits per heavy atom. The Hall–Kier alpha value is -1.09. The Kier molecular flexibility index (Phi) is 4.59. The van der Waals surface area contributed by atoms with E-state index in [2.05, 4.69) is 42.0 Å². The van der Waals surface area contributed by atoms with Gasteiger partial charge >= 0.3 is 0 Å². The predicted octanol–water partition coefficient (Wildman–Crippen LogP) is 2.92. The van der Waals surface area contributed by atoms with Crippen molar-refractivity contribution < 1.29 is 0 Å². The lowest BCUT2D eigenvalue weighted by molar-refractivity contribution is 0.198. The summed E-state index contributed by atoms with van der Waals surface area (Å²) in [4.78, 5) is 6.91. The van der Waals surface area contributed by atoms with Crippen molar-refractivity contribution >= 4 is 5.69 Å². The highest BCUT2D eigenvalue weighted by Gasteiger charge is 2.19. The molecule has 1 fully saturated rings. The molecule has 0 saturated carbocycles. The molecule has 0 atom stereocenters. The van der Waals surface area contributed by atoms with Crippen LogP contribution >= 0.6 is 0 Å². The Bertz CT molecular complexity index is 368. The number of aromatic nitrogens is 1. The Morgan fingerprint density at radius 3 is 2.72 bits per heavy atom. The first-order valence-corrected chi connectivity index (χ1v) is 7.05. The Morgan fingerprint density at radius 2 is 2.11 bits per heavy atom. The number of aryl methyl sites for hydroxylation is 1. The highest BCUT2D eigenvalue weighted by atomic mass is 15.1. The topological polar surface area (TPSA) is 28.2 Å². The smallest absolute Gasteiger partial charge is 0.0603 e. The van der Waals surface area contributed by atoms with Gasteiger partial charge in [-0.3, -0.25) is 4.98 Å². The second-order valence-electron chi connectivity index (χ2n) is 5.75. The minimum atomic E-state index is 0.608. The average Bonchev–Trinajstić information content (AvgIpc) is 2.34. The van der Waals surface area contributed by atoms with Crippen molar-refractivity contribution in [2.24, 2.45) is 5.92 Å². The standard InChI is InChI=1S/C15H25N3/c1-12(2)11-18-9-6-14(7-10-18)17-15-5-4-8-16-13(15)3/h4-5,8,12,14,17H,6-7,9-11H2,1-3H3. The fourth-order valence-electron chi connectivity index (χ4n) is 2.63. The van der Waals surface area contributed by atoms with Gasteiger partial charge in [0.15, 0.2) is 0 Å². The molecule has 0 aromatic carbocycles. The molecule has 0 amide bonds. The van der Waals surface area contributed by atoms with E-state index < -0.39 is 0 Å². The minimum absolute atomic E-state index is 0.608. The van der Waals surface area contributed by atoms with Crippen molar-refractivity contribution in [2.75, 3.05) is 25.0 Å². The summed E-state index contributed by atoms with van der Waals surface area (Å²) in [7, 11) is 0. The van der Waals surface area contributed by atoms with Crippen molar-refractivity contribution in [3.05, 3.63) is 24.0 Å². The molecule has 1 aromatic heterocycles. The molecule has 1 N–H and O–H groups in total. The maximum atomic E-state index is 4.33. The molecule has 0 unspecified atom stereocenters. The number of nitrogens with one attached hydrogen (secondary N) is 1. The Labute approximate surface area is 111 Å². The van der Waals surface area contributed by atoms with E-state index in [0.29, 0.717) is 6.04 Å². The zero-order valence-corrected chi connectivity index (χ0v) is 11.8. The Balaban J connectivity index is 1.82. The molecule has 0 spiro atoms. The van der Waals surface area contributed by atoms with Crippen LogP contribution in [0.15, 0.2) is 18.3 Å². The third-order valence-corrected chi connectivity index (χ3v) is 3.58. The summed E-state index contributed by atoms with van der Waals surface area (Å²) in [5.74, 6) is 0.773. The molecule has 2 rings (SSSR count). The molecule has 0 bridgehead atoms. The normalized spacial score (nSPS) is 18.2.